The van der Waals surface area contributed by atoms with Crippen molar-refractivity contribution in [1.29, 1.82) is 0 Å². The van der Waals surface area contributed by atoms with E-state index in [1.54, 1.807) is 36.4 Å². The number of benzene rings is 2. The number of esters is 1. The van der Waals surface area contributed by atoms with Crippen LogP contribution in [0.2, 0.25) is 0 Å². The number of unbranched alkanes of at least 4 members (excludes halogenated alkanes) is 4. The van der Waals surface area contributed by atoms with Gasteiger partial charge < -0.3 is 4.74 Å². The largest absolute Gasteiger partial charge is 0.459 e. The quantitative estimate of drug-likeness (QED) is 0.102. The lowest BCUT2D eigenvalue weighted by molar-refractivity contribution is -0.405. The average Bonchev–Trinajstić information content (AvgIpc) is 2.81. The maximum absolute atomic E-state index is 12.5. The molecule has 0 N–H and O–H groups in total. The molecule has 0 heterocycles. The number of ether oxygens (including phenoxy) is 1. The molecule has 0 aliphatic carbocycles. The lowest BCUT2D eigenvalue weighted by Crippen LogP contribution is -2.36. The van der Waals surface area contributed by atoms with Gasteiger partial charge in [-0.15, -0.1) is 0 Å². The fourth-order valence-corrected chi connectivity index (χ4v) is 3.28. The van der Waals surface area contributed by atoms with Crippen LogP contribution >= 0.6 is 0 Å². The third-order valence-electron chi connectivity index (χ3n) is 5.34. The van der Waals surface area contributed by atoms with Crippen molar-refractivity contribution in [1.82, 2.24) is 0 Å². The molecule has 0 unspecified atom stereocenters. The van der Waals surface area contributed by atoms with Crippen LogP contribution in [0.15, 0.2) is 54.6 Å². The molecule has 0 fully saturated rings. The van der Waals surface area contributed by atoms with Crippen LogP contribution in [0.25, 0.3) is 0 Å². The minimum absolute atomic E-state index is 0.0448. The summed E-state index contributed by atoms with van der Waals surface area (Å²) in [5.74, 6) is -0.559. The van der Waals surface area contributed by atoms with E-state index < -0.39 is 17.2 Å². The van der Waals surface area contributed by atoms with E-state index in [0.29, 0.717) is 16.7 Å². The van der Waals surface area contributed by atoms with Crippen LogP contribution in [-0.2, 0) is 14.5 Å². The second kappa shape index (κ2) is 12.7. The molecular formula is C28H38O5. The molecule has 2 aromatic rings. The summed E-state index contributed by atoms with van der Waals surface area (Å²) in [5.41, 5.74) is 0.304. The highest BCUT2D eigenvalue weighted by molar-refractivity contribution is 6.09. The van der Waals surface area contributed by atoms with Gasteiger partial charge in [0.15, 0.2) is 5.78 Å². The van der Waals surface area contributed by atoms with Gasteiger partial charge in [0.25, 0.3) is 0 Å². The molecule has 0 aliphatic rings. The Labute approximate surface area is 198 Å². The maximum Gasteiger partial charge on any atom is 0.338 e. The topological polar surface area (TPSA) is 61.8 Å². The average molecular weight is 455 g/mol. The first-order chi connectivity index (χ1) is 15.6. The van der Waals surface area contributed by atoms with Crippen molar-refractivity contribution in [3.63, 3.8) is 0 Å². The first kappa shape index (κ1) is 26.7. The van der Waals surface area contributed by atoms with E-state index in [9.17, 15) is 9.59 Å². The molecule has 2 rings (SSSR count). The predicted octanol–water partition coefficient (Wildman–Crippen LogP) is 6.94. The minimum atomic E-state index is -0.793. The van der Waals surface area contributed by atoms with Crippen LogP contribution in [0.3, 0.4) is 0 Å². The van der Waals surface area contributed by atoms with E-state index >= 15 is 0 Å². The summed E-state index contributed by atoms with van der Waals surface area (Å²) in [4.78, 5) is 36.3. The zero-order chi connectivity index (χ0) is 24.3. The number of carbonyl (C=O) groups excluding carboxylic acids is 2. The summed E-state index contributed by atoms with van der Waals surface area (Å²) in [6, 6.07) is 15.5. The lowest BCUT2D eigenvalue weighted by Gasteiger charge is -2.30. The van der Waals surface area contributed by atoms with Gasteiger partial charge in [0, 0.05) is 11.1 Å². The SMILES string of the molecule is CCCCCCCC(C)(C)OOC(C)(C)COC(=O)c1ccc(C(=O)c2ccccc2)cc1. The van der Waals surface area contributed by atoms with Gasteiger partial charge in [-0.25, -0.2) is 14.6 Å². The van der Waals surface area contributed by atoms with Crippen molar-refractivity contribution in [2.75, 3.05) is 6.61 Å². The van der Waals surface area contributed by atoms with Gasteiger partial charge in [0.05, 0.1) is 11.2 Å². The van der Waals surface area contributed by atoms with Crippen molar-refractivity contribution in [2.45, 2.75) is 84.3 Å². The molecule has 5 nitrogen and oxygen atoms in total. The van der Waals surface area contributed by atoms with E-state index in [2.05, 4.69) is 6.92 Å². The van der Waals surface area contributed by atoms with Gasteiger partial charge in [-0.3, -0.25) is 4.79 Å². The van der Waals surface area contributed by atoms with E-state index in [1.165, 1.54) is 25.7 Å². The number of carbonyl (C=O) groups is 2. The van der Waals surface area contributed by atoms with Gasteiger partial charge in [0.1, 0.15) is 12.2 Å². The molecule has 0 saturated heterocycles. The molecular weight excluding hydrogens is 416 g/mol. The number of hydrogen-bond donors (Lipinski definition) is 0. The summed E-state index contributed by atoms with van der Waals surface area (Å²) < 4.78 is 5.44. The van der Waals surface area contributed by atoms with Crippen LogP contribution in [0.1, 0.15) is 99.4 Å². The van der Waals surface area contributed by atoms with Crippen molar-refractivity contribution in [3.8, 4) is 0 Å². The summed E-state index contributed by atoms with van der Waals surface area (Å²) in [6.07, 6.45) is 6.93. The zero-order valence-corrected chi connectivity index (χ0v) is 20.7. The first-order valence-electron chi connectivity index (χ1n) is 11.9. The van der Waals surface area contributed by atoms with Crippen LogP contribution < -0.4 is 0 Å². The van der Waals surface area contributed by atoms with Crippen LogP contribution in [0.5, 0.6) is 0 Å². The zero-order valence-electron chi connectivity index (χ0n) is 20.7. The molecule has 0 radical (unpaired) electrons. The predicted molar refractivity (Wildman–Crippen MR) is 130 cm³/mol. The molecule has 5 heteroatoms. The van der Waals surface area contributed by atoms with Crippen LogP contribution in [0, 0.1) is 0 Å². The van der Waals surface area contributed by atoms with Crippen molar-refractivity contribution < 1.29 is 24.1 Å². The molecule has 180 valence electrons. The van der Waals surface area contributed by atoms with E-state index in [1.807, 2.05) is 45.9 Å². The summed E-state index contributed by atoms with van der Waals surface area (Å²) >= 11 is 0. The van der Waals surface area contributed by atoms with Crippen LogP contribution in [0.4, 0.5) is 0 Å². The molecule has 0 aromatic heterocycles. The number of ketones is 1. The summed E-state index contributed by atoms with van der Waals surface area (Å²) in [5, 5.41) is 0. The Bertz CT molecular complexity index is 869. The van der Waals surface area contributed by atoms with E-state index in [4.69, 9.17) is 14.5 Å². The first-order valence-corrected chi connectivity index (χ1v) is 11.9. The van der Waals surface area contributed by atoms with Gasteiger partial charge in [-0.2, -0.15) is 0 Å². The lowest BCUT2D eigenvalue weighted by atomic mass is 10.00. The third-order valence-corrected chi connectivity index (χ3v) is 5.34. The van der Waals surface area contributed by atoms with Gasteiger partial charge >= 0.3 is 5.97 Å². The Morgan fingerprint density at radius 3 is 1.88 bits per heavy atom. The minimum Gasteiger partial charge on any atom is -0.459 e. The van der Waals surface area contributed by atoms with Gasteiger partial charge in [-0.1, -0.05) is 81.5 Å². The molecule has 0 amide bonds. The highest BCUT2D eigenvalue weighted by atomic mass is 17.2. The smallest absolute Gasteiger partial charge is 0.338 e. The molecule has 0 spiro atoms. The molecule has 0 saturated carbocycles. The molecule has 2 aromatic carbocycles. The van der Waals surface area contributed by atoms with Crippen LogP contribution in [-0.4, -0.2) is 29.6 Å². The van der Waals surface area contributed by atoms with E-state index in [0.717, 1.165) is 12.8 Å². The normalized spacial score (nSPS) is 11.9. The number of rotatable bonds is 14. The molecule has 0 aliphatic heterocycles. The maximum atomic E-state index is 12.5. The highest BCUT2D eigenvalue weighted by Crippen LogP contribution is 2.23. The monoisotopic (exact) mass is 454 g/mol. The Balaban J connectivity index is 1.80. The molecule has 0 bridgehead atoms. The Hall–Kier alpha value is -2.50. The van der Waals surface area contributed by atoms with Gasteiger partial charge in [-0.05, 0) is 46.2 Å². The fourth-order valence-electron chi connectivity index (χ4n) is 3.28. The highest BCUT2D eigenvalue weighted by Gasteiger charge is 2.28. The Morgan fingerprint density at radius 1 is 0.697 bits per heavy atom. The summed E-state index contributed by atoms with van der Waals surface area (Å²) in [7, 11) is 0. The van der Waals surface area contributed by atoms with Crippen molar-refractivity contribution in [3.05, 3.63) is 71.3 Å². The van der Waals surface area contributed by atoms with E-state index in [-0.39, 0.29) is 12.4 Å². The summed E-state index contributed by atoms with van der Waals surface area (Å²) in [6.45, 7) is 9.90. The van der Waals surface area contributed by atoms with Gasteiger partial charge in [0.2, 0.25) is 0 Å². The second-order valence-corrected chi connectivity index (χ2v) is 9.70. The van der Waals surface area contributed by atoms with Crippen molar-refractivity contribution in [2.24, 2.45) is 0 Å². The number of hydrogen-bond acceptors (Lipinski definition) is 5. The van der Waals surface area contributed by atoms with Crippen molar-refractivity contribution >= 4 is 11.8 Å². The second-order valence-electron chi connectivity index (χ2n) is 9.70. The Morgan fingerprint density at radius 2 is 1.24 bits per heavy atom. The molecule has 0 atom stereocenters. The Kier molecular flexibility index (Phi) is 10.3. The molecule has 33 heavy (non-hydrogen) atoms. The standard InChI is InChI=1S/C28H38O5/c1-6-7-8-9-13-20-27(2,3)32-33-28(4,5)21-31-26(30)24-18-16-23(17-19-24)25(29)22-14-11-10-12-15-22/h10-12,14-19H,6-9,13,20-21H2,1-5H3. The fraction of sp³-hybridized carbons (Fsp3) is 0.500. The third kappa shape index (κ3) is 9.48.